The first-order valence-electron chi connectivity index (χ1n) is 1.28. The number of rotatable bonds is 0. The molecule has 0 aliphatic rings. The molecular weight excluding hydrogens is 230 g/mol. The molecule has 0 unspecified atom stereocenters. The molecule has 40 valence electrons. The average Bonchev–Trinajstić information content (AvgIpc) is 1.86. The molecule has 0 amide bonds. The van der Waals surface area contributed by atoms with Crippen molar-refractivity contribution < 1.29 is 0 Å². The van der Waals surface area contributed by atoms with E-state index in [1.54, 1.807) is 0 Å². The Balaban J connectivity index is 0.000000360. The van der Waals surface area contributed by atoms with E-state index in [0.29, 0.717) is 3.83 Å². The number of H-pyrrole nitrogens is 1. The fourth-order valence-electron chi connectivity index (χ4n) is 0.150. The summed E-state index contributed by atoms with van der Waals surface area (Å²) in [5, 5.41) is 12.7. The lowest BCUT2D eigenvalue weighted by Crippen LogP contribution is -1.67. The van der Waals surface area contributed by atoms with E-state index in [0.717, 1.165) is 0 Å². The quantitative estimate of drug-likeness (QED) is 0.651. The molecule has 0 aliphatic heterocycles. The van der Waals surface area contributed by atoms with Gasteiger partial charge in [0.25, 0.3) is 0 Å². The van der Waals surface area contributed by atoms with Gasteiger partial charge in [0, 0.05) is 22.6 Å². The summed E-state index contributed by atoms with van der Waals surface area (Å²) in [6, 6.07) is 0. The molecule has 0 spiro atoms. The summed E-state index contributed by atoms with van der Waals surface area (Å²) in [4.78, 5) is 0. The zero-order valence-corrected chi connectivity index (χ0v) is 6.10. The Bertz CT molecular complexity index is 115. The maximum atomic E-state index is 3.56. The summed E-state index contributed by atoms with van der Waals surface area (Å²) in [6.45, 7) is 0. The van der Waals surface area contributed by atoms with Crippen LogP contribution in [0, 0.1) is 3.83 Å². The Kier molecular flexibility index (Phi) is 3.18. The van der Waals surface area contributed by atoms with Gasteiger partial charge in [-0.2, -0.15) is 5.21 Å². The van der Waals surface area contributed by atoms with Gasteiger partial charge in [0.05, 0.1) is 0 Å². The van der Waals surface area contributed by atoms with E-state index >= 15 is 0 Å². The first kappa shape index (κ1) is 7.09. The molecule has 1 rings (SSSR count). The van der Waals surface area contributed by atoms with Crippen LogP contribution in [0.2, 0.25) is 0 Å². The topological polar surface area (TPSA) is 54.5 Å². The van der Waals surface area contributed by atoms with Gasteiger partial charge in [-0.05, 0) is 5.21 Å². The fraction of sp³-hybridized carbons (Fsp3) is 0. The highest BCUT2D eigenvalue weighted by atomic mass is 127. The van der Waals surface area contributed by atoms with E-state index in [9.17, 15) is 0 Å². The molecule has 0 atom stereocenters. The molecule has 1 heterocycles. The van der Waals surface area contributed by atoms with Crippen molar-refractivity contribution in [2.75, 3.05) is 0 Å². The standard InChI is InChI=1S/CHIN4.ClH/c2-1-3-5-6-4-1;/h(H,3,4,5,6);1H. The minimum atomic E-state index is 0. The average molecular weight is 232 g/mol. The van der Waals surface area contributed by atoms with Crippen LogP contribution < -0.4 is 0 Å². The number of halogens is 2. The van der Waals surface area contributed by atoms with Crippen LogP contribution in [-0.4, -0.2) is 20.6 Å². The van der Waals surface area contributed by atoms with E-state index in [2.05, 4.69) is 20.6 Å². The van der Waals surface area contributed by atoms with E-state index in [4.69, 9.17) is 0 Å². The number of hydrogen-bond acceptors (Lipinski definition) is 3. The second kappa shape index (κ2) is 3.14. The number of tetrazole rings is 1. The maximum Gasteiger partial charge on any atom is 0.233 e. The van der Waals surface area contributed by atoms with Gasteiger partial charge in [0.1, 0.15) is 0 Å². The van der Waals surface area contributed by atoms with Gasteiger partial charge in [-0.25, -0.2) is 0 Å². The monoisotopic (exact) mass is 232 g/mol. The van der Waals surface area contributed by atoms with Crippen molar-refractivity contribution in [2.24, 2.45) is 0 Å². The van der Waals surface area contributed by atoms with Crippen LogP contribution in [0.25, 0.3) is 0 Å². The molecule has 0 saturated carbocycles. The molecule has 1 aromatic rings. The number of nitrogens with one attached hydrogen (secondary N) is 1. The Hall–Kier alpha value is 0.0900. The van der Waals surface area contributed by atoms with Crippen molar-refractivity contribution >= 4 is 35.0 Å². The molecule has 0 saturated heterocycles. The Morgan fingerprint density at radius 3 is 2.43 bits per heavy atom. The van der Waals surface area contributed by atoms with Gasteiger partial charge in [-0.15, -0.1) is 22.6 Å². The summed E-state index contributed by atoms with van der Waals surface area (Å²) >= 11 is 1.96. The minimum absolute atomic E-state index is 0. The Morgan fingerprint density at radius 2 is 2.29 bits per heavy atom. The summed E-state index contributed by atoms with van der Waals surface area (Å²) < 4.78 is 0.646. The van der Waals surface area contributed by atoms with E-state index in [1.807, 2.05) is 22.6 Å². The third-order valence-corrected chi connectivity index (χ3v) is 0.776. The Labute approximate surface area is 59.6 Å². The zero-order valence-electron chi connectivity index (χ0n) is 3.13. The van der Waals surface area contributed by atoms with Gasteiger partial charge in [0.15, 0.2) is 0 Å². The summed E-state index contributed by atoms with van der Waals surface area (Å²) in [5.41, 5.74) is 0. The Morgan fingerprint density at radius 1 is 1.57 bits per heavy atom. The first-order chi connectivity index (χ1) is 2.89. The van der Waals surface area contributed by atoms with Gasteiger partial charge in [-0.1, -0.05) is 0 Å². The fourth-order valence-corrected chi connectivity index (χ4v) is 0.365. The highest BCUT2D eigenvalue weighted by Gasteiger charge is 1.81. The molecule has 7 heavy (non-hydrogen) atoms. The van der Waals surface area contributed by atoms with E-state index in [-0.39, 0.29) is 12.4 Å². The normalized spacial score (nSPS) is 7.57. The van der Waals surface area contributed by atoms with Crippen LogP contribution in [0.15, 0.2) is 0 Å². The summed E-state index contributed by atoms with van der Waals surface area (Å²) in [7, 11) is 0. The molecule has 4 nitrogen and oxygen atoms in total. The molecule has 1 N–H and O–H groups in total. The van der Waals surface area contributed by atoms with Crippen LogP contribution in [0.4, 0.5) is 0 Å². The van der Waals surface area contributed by atoms with Crippen molar-refractivity contribution in [1.29, 1.82) is 0 Å². The predicted molar refractivity (Wildman–Crippen MR) is 34.1 cm³/mol. The van der Waals surface area contributed by atoms with Gasteiger partial charge in [-0.3, -0.25) is 0 Å². The van der Waals surface area contributed by atoms with Gasteiger partial charge >= 0.3 is 0 Å². The third kappa shape index (κ3) is 2.03. The largest absolute Gasteiger partial charge is 0.233 e. The lowest BCUT2D eigenvalue weighted by atomic mass is 11.4. The first-order valence-corrected chi connectivity index (χ1v) is 2.36. The molecule has 6 heteroatoms. The number of nitrogens with zero attached hydrogens (tertiary/aromatic N) is 3. The molecule has 0 aromatic carbocycles. The molecular formula is CH2ClIN4. The van der Waals surface area contributed by atoms with E-state index < -0.39 is 0 Å². The smallest absolute Gasteiger partial charge is 0.176 e. The highest BCUT2D eigenvalue weighted by Crippen LogP contribution is 1.84. The number of aromatic nitrogens is 4. The van der Waals surface area contributed by atoms with Crippen molar-refractivity contribution in [3.05, 3.63) is 3.83 Å². The molecule has 0 aliphatic carbocycles. The summed E-state index contributed by atoms with van der Waals surface area (Å²) in [6.07, 6.45) is 0. The van der Waals surface area contributed by atoms with Gasteiger partial charge in [0.2, 0.25) is 3.83 Å². The SMILES string of the molecule is Cl.Ic1nn[nH]n1. The third-order valence-electron chi connectivity index (χ3n) is 0.319. The summed E-state index contributed by atoms with van der Waals surface area (Å²) in [5.74, 6) is 0. The highest BCUT2D eigenvalue weighted by molar-refractivity contribution is 14.1. The second-order valence-corrected chi connectivity index (χ2v) is 1.65. The van der Waals surface area contributed by atoms with Gasteiger partial charge < -0.3 is 0 Å². The lowest BCUT2D eigenvalue weighted by molar-refractivity contribution is 0.881. The van der Waals surface area contributed by atoms with Crippen molar-refractivity contribution in [3.8, 4) is 0 Å². The minimum Gasteiger partial charge on any atom is -0.176 e. The van der Waals surface area contributed by atoms with E-state index in [1.165, 1.54) is 0 Å². The molecule has 1 aromatic heterocycles. The van der Waals surface area contributed by atoms with Crippen molar-refractivity contribution in [3.63, 3.8) is 0 Å². The van der Waals surface area contributed by atoms with Crippen LogP contribution in [0.5, 0.6) is 0 Å². The molecule has 0 radical (unpaired) electrons. The van der Waals surface area contributed by atoms with Crippen LogP contribution in [-0.2, 0) is 0 Å². The van der Waals surface area contributed by atoms with Crippen molar-refractivity contribution in [1.82, 2.24) is 20.6 Å². The van der Waals surface area contributed by atoms with Crippen LogP contribution in [0.3, 0.4) is 0 Å². The van der Waals surface area contributed by atoms with Crippen LogP contribution >= 0.6 is 35.0 Å². The predicted octanol–water partition coefficient (Wildman–Crippen LogP) is 0.226. The number of aromatic amines is 1. The maximum absolute atomic E-state index is 3.56. The number of hydrogen-bond donors (Lipinski definition) is 1. The van der Waals surface area contributed by atoms with Crippen molar-refractivity contribution in [2.45, 2.75) is 0 Å². The zero-order chi connectivity index (χ0) is 4.41. The second-order valence-electron chi connectivity index (χ2n) is 0.681. The molecule has 0 bridgehead atoms. The molecule has 0 fully saturated rings. The lowest BCUT2D eigenvalue weighted by Gasteiger charge is -1.56. The van der Waals surface area contributed by atoms with Crippen LogP contribution in [0.1, 0.15) is 0 Å².